The molecule has 2 aromatic rings. The summed E-state index contributed by atoms with van der Waals surface area (Å²) in [6, 6.07) is 6.64. The predicted octanol–water partition coefficient (Wildman–Crippen LogP) is 2.13. The number of halogens is 1. The molecule has 0 spiro atoms. The van der Waals surface area contributed by atoms with Gasteiger partial charge >= 0.3 is 0 Å². The van der Waals surface area contributed by atoms with E-state index in [9.17, 15) is 9.18 Å². The Bertz CT molecular complexity index is 854. The molecular formula is C20H26FN5O. The molecule has 7 heteroatoms. The van der Waals surface area contributed by atoms with Crippen LogP contribution in [-0.4, -0.2) is 47.4 Å². The highest BCUT2D eigenvalue weighted by Gasteiger charge is 2.17. The quantitative estimate of drug-likeness (QED) is 0.843. The fourth-order valence-electron chi connectivity index (χ4n) is 3.46. The summed E-state index contributed by atoms with van der Waals surface area (Å²) in [6.45, 7) is 10.6. The van der Waals surface area contributed by atoms with Crippen LogP contribution in [0.2, 0.25) is 0 Å². The van der Waals surface area contributed by atoms with Gasteiger partial charge < -0.3 is 10.6 Å². The van der Waals surface area contributed by atoms with Crippen molar-refractivity contribution in [1.29, 1.82) is 0 Å². The van der Waals surface area contributed by atoms with Crippen molar-refractivity contribution in [2.75, 3.05) is 43.4 Å². The third kappa shape index (κ3) is 4.36. The first-order valence-corrected chi connectivity index (χ1v) is 9.22. The lowest BCUT2D eigenvalue weighted by molar-refractivity contribution is 0.248. The number of nitrogens with zero attached hydrogens (tertiary/aromatic N) is 4. The summed E-state index contributed by atoms with van der Waals surface area (Å²) in [6.07, 6.45) is 2.40. The van der Waals surface area contributed by atoms with E-state index in [2.05, 4.69) is 21.5 Å². The summed E-state index contributed by atoms with van der Waals surface area (Å²) in [5.41, 5.74) is 8.26. The highest BCUT2D eigenvalue weighted by Crippen LogP contribution is 2.17. The summed E-state index contributed by atoms with van der Waals surface area (Å²) < 4.78 is 14.5. The van der Waals surface area contributed by atoms with Crippen molar-refractivity contribution in [3.63, 3.8) is 0 Å². The Kier molecular flexibility index (Phi) is 5.91. The minimum atomic E-state index is -0.253. The maximum atomic E-state index is 13.0. The van der Waals surface area contributed by atoms with E-state index in [1.54, 1.807) is 6.08 Å². The number of benzene rings is 1. The largest absolute Gasteiger partial charge is 0.394 e. The Labute approximate surface area is 158 Å². The molecule has 0 radical (unpaired) electrons. The molecule has 1 fully saturated rings. The maximum absolute atomic E-state index is 13.0. The maximum Gasteiger partial charge on any atom is 0.290 e. The third-order valence-corrected chi connectivity index (χ3v) is 5.03. The van der Waals surface area contributed by atoms with Crippen LogP contribution >= 0.6 is 0 Å². The van der Waals surface area contributed by atoms with Gasteiger partial charge in [-0.3, -0.25) is 9.69 Å². The van der Waals surface area contributed by atoms with Crippen LogP contribution in [0.5, 0.6) is 0 Å². The summed E-state index contributed by atoms with van der Waals surface area (Å²) >= 11 is 0. The van der Waals surface area contributed by atoms with Crippen LogP contribution in [-0.2, 0) is 6.54 Å². The SMILES string of the molecule is C=Cc1c(C)nn(CCCN2CCN(c3ccc(F)cc3)CC2)c(=O)c1N. The van der Waals surface area contributed by atoms with E-state index >= 15 is 0 Å². The molecule has 2 N–H and O–H groups in total. The van der Waals surface area contributed by atoms with Crippen molar-refractivity contribution >= 4 is 17.5 Å². The Balaban J connectivity index is 1.50. The van der Waals surface area contributed by atoms with E-state index in [0.29, 0.717) is 12.1 Å². The van der Waals surface area contributed by atoms with Crippen molar-refractivity contribution < 1.29 is 4.39 Å². The second kappa shape index (κ2) is 8.35. The van der Waals surface area contributed by atoms with Gasteiger partial charge in [0.1, 0.15) is 11.5 Å². The molecule has 0 bridgehead atoms. The smallest absolute Gasteiger partial charge is 0.290 e. The summed E-state index contributed by atoms with van der Waals surface area (Å²) in [7, 11) is 0. The van der Waals surface area contributed by atoms with Crippen LogP contribution in [0.15, 0.2) is 35.6 Å². The van der Waals surface area contributed by atoms with Crippen LogP contribution in [0, 0.1) is 12.7 Å². The minimum absolute atomic E-state index is 0.210. The molecule has 27 heavy (non-hydrogen) atoms. The normalized spacial score (nSPS) is 15.1. The molecule has 0 amide bonds. The lowest BCUT2D eigenvalue weighted by Crippen LogP contribution is -2.46. The third-order valence-electron chi connectivity index (χ3n) is 5.03. The summed E-state index contributed by atoms with van der Waals surface area (Å²) in [5.74, 6) is -0.210. The van der Waals surface area contributed by atoms with Crippen molar-refractivity contribution in [3.05, 3.63) is 58.3 Å². The van der Waals surface area contributed by atoms with Crippen molar-refractivity contribution in [3.8, 4) is 0 Å². The number of nitrogen functional groups attached to an aromatic ring is 1. The van der Waals surface area contributed by atoms with Crippen LogP contribution < -0.4 is 16.2 Å². The molecule has 0 saturated carbocycles. The molecule has 1 aliphatic rings. The second-order valence-corrected chi connectivity index (χ2v) is 6.80. The van der Waals surface area contributed by atoms with Gasteiger partial charge in [-0.25, -0.2) is 9.07 Å². The van der Waals surface area contributed by atoms with E-state index in [1.165, 1.54) is 16.8 Å². The zero-order valence-electron chi connectivity index (χ0n) is 15.7. The molecule has 0 unspecified atom stereocenters. The van der Waals surface area contributed by atoms with Crippen LogP contribution in [0.4, 0.5) is 15.8 Å². The molecule has 0 atom stereocenters. The van der Waals surface area contributed by atoms with Gasteiger partial charge in [0.2, 0.25) is 0 Å². The number of hydrogen-bond donors (Lipinski definition) is 1. The Morgan fingerprint density at radius 1 is 1.19 bits per heavy atom. The second-order valence-electron chi connectivity index (χ2n) is 6.80. The molecule has 1 aliphatic heterocycles. The van der Waals surface area contributed by atoms with E-state index in [1.807, 2.05) is 19.1 Å². The molecule has 144 valence electrons. The first-order valence-electron chi connectivity index (χ1n) is 9.22. The zero-order valence-corrected chi connectivity index (χ0v) is 15.7. The van der Waals surface area contributed by atoms with Gasteiger partial charge in [0, 0.05) is 50.5 Å². The number of aryl methyl sites for hydroxylation is 2. The molecule has 6 nitrogen and oxygen atoms in total. The molecule has 1 aromatic heterocycles. The number of rotatable bonds is 6. The van der Waals surface area contributed by atoms with Gasteiger partial charge in [-0.1, -0.05) is 12.7 Å². The van der Waals surface area contributed by atoms with E-state index in [0.717, 1.165) is 50.5 Å². The van der Waals surface area contributed by atoms with Crippen LogP contribution in [0.3, 0.4) is 0 Å². The predicted molar refractivity (Wildman–Crippen MR) is 107 cm³/mol. The average molecular weight is 371 g/mol. The topological polar surface area (TPSA) is 67.4 Å². The first-order chi connectivity index (χ1) is 13.0. The Morgan fingerprint density at radius 2 is 1.85 bits per heavy atom. The van der Waals surface area contributed by atoms with Gasteiger partial charge in [0.25, 0.3) is 5.56 Å². The number of hydrogen-bond acceptors (Lipinski definition) is 5. The van der Waals surface area contributed by atoms with Crippen LogP contribution in [0.1, 0.15) is 17.7 Å². The van der Waals surface area contributed by atoms with Gasteiger partial charge in [-0.15, -0.1) is 0 Å². The van der Waals surface area contributed by atoms with Gasteiger partial charge in [0.05, 0.1) is 5.69 Å². The number of piperazine rings is 1. The van der Waals surface area contributed by atoms with Crippen LogP contribution in [0.25, 0.3) is 6.08 Å². The van der Waals surface area contributed by atoms with Crippen molar-refractivity contribution in [2.45, 2.75) is 19.9 Å². The lowest BCUT2D eigenvalue weighted by atomic mass is 10.2. The van der Waals surface area contributed by atoms with E-state index in [-0.39, 0.29) is 17.1 Å². The number of nitrogens with two attached hydrogens (primary N) is 1. The minimum Gasteiger partial charge on any atom is -0.394 e. The fourth-order valence-corrected chi connectivity index (χ4v) is 3.46. The number of aromatic nitrogens is 2. The van der Waals surface area contributed by atoms with Crippen molar-refractivity contribution in [2.24, 2.45) is 0 Å². The average Bonchev–Trinajstić information content (AvgIpc) is 2.67. The van der Waals surface area contributed by atoms with E-state index in [4.69, 9.17) is 5.73 Å². The fraction of sp³-hybridized carbons (Fsp3) is 0.400. The summed E-state index contributed by atoms with van der Waals surface area (Å²) in [4.78, 5) is 16.9. The number of anilines is 2. The van der Waals surface area contributed by atoms with Crippen molar-refractivity contribution in [1.82, 2.24) is 14.7 Å². The molecule has 1 saturated heterocycles. The zero-order chi connectivity index (χ0) is 19.4. The lowest BCUT2D eigenvalue weighted by Gasteiger charge is -2.36. The Morgan fingerprint density at radius 3 is 2.48 bits per heavy atom. The highest BCUT2D eigenvalue weighted by molar-refractivity contribution is 5.63. The molecule has 1 aromatic carbocycles. The standard InChI is InChI=1S/C20H26FN5O/c1-3-18-15(2)23-26(20(27)19(18)22)10-4-9-24-11-13-25(14-12-24)17-7-5-16(21)6-8-17/h3,5-8H,1,4,9-14,22H2,2H3. The van der Waals surface area contributed by atoms with E-state index < -0.39 is 0 Å². The van der Waals surface area contributed by atoms with Gasteiger partial charge in [-0.2, -0.15) is 5.10 Å². The first kappa shape index (κ1) is 19.1. The molecule has 0 aliphatic carbocycles. The molecule has 3 rings (SSSR count). The highest BCUT2D eigenvalue weighted by atomic mass is 19.1. The van der Waals surface area contributed by atoms with Gasteiger partial charge in [-0.05, 0) is 37.6 Å². The molecular weight excluding hydrogens is 345 g/mol. The summed E-state index contributed by atoms with van der Waals surface area (Å²) in [5, 5.41) is 4.34. The Hall–Kier alpha value is -2.67. The monoisotopic (exact) mass is 371 g/mol. The van der Waals surface area contributed by atoms with Gasteiger partial charge in [0.15, 0.2) is 0 Å². The molecule has 2 heterocycles.